The second-order valence-corrected chi connectivity index (χ2v) is 5.97. The highest BCUT2D eigenvalue weighted by Crippen LogP contribution is 2.35. The molecule has 156 valence electrons. The predicted molar refractivity (Wildman–Crippen MR) is 112 cm³/mol. The Hall–Kier alpha value is -3.59. The number of carbonyl (C=O) groups is 1. The van der Waals surface area contributed by atoms with Crippen LogP contribution in [0.3, 0.4) is 0 Å². The number of nitrogens with zero attached hydrogens (tertiary/aromatic N) is 1. The van der Waals surface area contributed by atoms with Gasteiger partial charge in [-0.05, 0) is 32.0 Å². The van der Waals surface area contributed by atoms with Crippen LogP contribution in [-0.4, -0.2) is 32.0 Å². The summed E-state index contributed by atoms with van der Waals surface area (Å²) in [5, 5.41) is 14.1. The molecule has 29 heavy (non-hydrogen) atoms. The number of rotatable bonds is 7. The van der Waals surface area contributed by atoms with Crippen molar-refractivity contribution >= 4 is 23.2 Å². The van der Waals surface area contributed by atoms with Crippen molar-refractivity contribution in [1.82, 2.24) is 0 Å². The van der Waals surface area contributed by atoms with Crippen molar-refractivity contribution < 1.29 is 24.1 Å². The van der Waals surface area contributed by atoms with E-state index in [0.717, 1.165) is 0 Å². The highest BCUT2D eigenvalue weighted by atomic mass is 16.5. The van der Waals surface area contributed by atoms with Gasteiger partial charge in [0, 0.05) is 29.5 Å². The Morgan fingerprint density at radius 1 is 1.21 bits per heavy atom. The molecule has 0 bridgehead atoms. The summed E-state index contributed by atoms with van der Waals surface area (Å²) in [7, 11) is 2.99. The maximum absolute atomic E-state index is 11.8. The summed E-state index contributed by atoms with van der Waals surface area (Å²) < 4.78 is 15.5. The molecule has 2 aromatic carbocycles. The fourth-order valence-corrected chi connectivity index (χ4v) is 2.71. The lowest BCUT2D eigenvalue weighted by Crippen LogP contribution is -2.30. The quantitative estimate of drug-likeness (QED) is 0.410. The van der Waals surface area contributed by atoms with Crippen LogP contribution in [0, 0.1) is 6.92 Å². The number of hydrogen-bond donors (Lipinski definition) is 4. The van der Waals surface area contributed by atoms with Crippen LogP contribution < -0.4 is 31.4 Å². The summed E-state index contributed by atoms with van der Waals surface area (Å²) in [5.74, 6) is 7.22. The lowest BCUT2D eigenvalue weighted by Gasteiger charge is -2.24. The summed E-state index contributed by atoms with van der Waals surface area (Å²) in [6, 6.07) is 8.24. The Kier molecular flexibility index (Phi) is 7.15. The maximum Gasteiger partial charge on any atom is 0.411 e. The average molecular weight is 402 g/mol. The number of ether oxygens (including phenoxy) is 3. The number of hydrazine groups is 1. The van der Waals surface area contributed by atoms with Crippen LogP contribution in [0.1, 0.15) is 18.1 Å². The third-order valence-corrected chi connectivity index (χ3v) is 4.24. The van der Waals surface area contributed by atoms with Gasteiger partial charge in [-0.15, -0.1) is 0 Å². The van der Waals surface area contributed by atoms with Crippen LogP contribution in [0.2, 0.25) is 0 Å². The highest BCUT2D eigenvalue weighted by Gasteiger charge is 2.17. The number of benzene rings is 2. The number of methoxy groups -OCH3 is 2. The van der Waals surface area contributed by atoms with E-state index in [1.165, 1.54) is 31.5 Å². The van der Waals surface area contributed by atoms with Gasteiger partial charge in [0.05, 0.1) is 37.9 Å². The smallest absolute Gasteiger partial charge is 0.411 e. The van der Waals surface area contributed by atoms with Gasteiger partial charge in [0.1, 0.15) is 17.2 Å². The Morgan fingerprint density at radius 3 is 2.48 bits per heavy atom. The van der Waals surface area contributed by atoms with E-state index in [1.807, 2.05) is 0 Å². The first-order chi connectivity index (χ1) is 13.9. The zero-order valence-corrected chi connectivity index (χ0v) is 16.9. The standard InChI is InChI=1S/C20H26N4O5/c1-5-29-20(26)23-15-8-13(6-7-18(15)27-3)16(11-21)24(22)14-9-17(25)12(2)19(10-14)28-4/h6-11,25H,5,21-22H2,1-4H3,(H,23,26)/b16-11-. The molecule has 0 radical (unpaired) electrons. The summed E-state index contributed by atoms with van der Waals surface area (Å²) in [4.78, 5) is 11.8. The van der Waals surface area contributed by atoms with Crippen molar-refractivity contribution in [2.45, 2.75) is 13.8 Å². The SMILES string of the molecule is CCOC(=O)Nc1cc(/C(=C/N)N(N)c2cc(O)c(C)c(OC)c2)ccc1OC. The largest absolute Gasteiger partial charge is 0.507 e. The lowest BCUT2D eigenvalue weighted by molar-refractivity contribution is 0.168. The van der Waals surface area contributed by atoms with Gasteiger partial charge < -0.3 is 25.1 Å². The van der Waals surface area contributed by atoms with Crippen LogP contribution in [-0.2, 0) is 4.74 Å². The second kappa shape index (κ2) is 9.56. The van der Waals surface area contributed by atoms with E-state index < -0.39 is 6.09 Å². The summed E-state index contributed by atoms with van der Waals surface area (Å²) in [6.45, 7) is 3.67. The van der Waals surface area contributed by atoms with Gasteiger partial charge in [0.2, 0.25) is 0 Å². The molecular weight excluding hydrogens is 376 g/mol. The van der Waals surface area contributed by atoms with E-state index >= 15 is 0 Å². The fourth-order valence-electron chi connectivity index (χ4n) is 2.71. The van der Waals surface area contributed by atoms with Gasteiger partial charge in [-0.3, -0.25) is 10.3 Å². The first-order valence-corrected chi connectivity index (χ1v) is 8.82. The van der Waals surface area contributed by atoms with Crippen molar-refractivity contribution in [3.63, 3.8) is 0 Å². The highest BCUT2D eigenvalue weighted by molar-refractivity contribution is 5.89. The molecular formula is C20H26N4O5. The van der Waals surface area contributed by atoms with Crippen LogP contribution in [0.4, 0.5) is 16.2 Å². The van der Waals surface area contributed by atoms with Crippen molar-refractivity contribution in [3.05, 3.63) is 47.7 Å². The maximum atomic E-state index is 11.8. The predicted octanol–water partition coefficient (Wildman–Crippen LogP) is 2.92. The number of nitrogens with two attached hydrogens (primary N) is 2. The molecule has 0 aliphatic carbocycles. The van der Waals surface area contributed by atoms with Crippen LogP contribution in [0.5, 0.6) is 17.2 Å². The molecule has 0 aliphatic rings. The molecule has 0 aromatic heterocycles. The topological polar surface area (TPSA) is 132 Å². The first kappa shape index (κ1) is 21.7. The van der Waals surface area contributed by atoms with Gasteiger partial charge in [0.25, 0.3) is 0 Å². The molecule has 0 aliphatic heterocycles. The van der Waals surface area contributed by atoms with E-state index in [4.69, 9.17) is 25.8 Å². The number of aromatic hydroxyl groups is 1. The molecule has 0 saturated carbocycles. The first-order valence-electron chi connectivity index (χ1n) is 8.82. The van der Waals surface area contributed by atoms with Crippen molar-refractivity contribution in [2.24, 2.45) is 11.6 Å². The molecule has 6 N–H and O–H groups in total. The number of anilines is 2. The number of hydrogen-bond acceptors (Lipinski definition) is 8. The Balaban J connectivity index is 2.43. The fraction of sp³-hybridized carbons (Fsp3) is 0.250. The van der Waals surface area contributed by atoms with Crippen molar-refractivity contribution in [3.8, 4) is 17.2 Å². The van der Waals surface area contributed by atoms with E-state index in [9.17, 15) is 9.90 Å². The number of phenols is 1. The van der Waals surface area contributed by atoms with E-state index in [1.54, 1.807) is 38.1 Å². The molecule has 9 heteroatoms. The lowest BCUT2D eigenvalue weighted by atomic mass is 10.1. The van der Waals surface area contributed by atoms with Gasteiger partial charge in [-0.1, -0.05) is 0 Å². The summed E-state index contributed by atoms with van der Waals surface area (Å²) in [5.41, 5.74) is 8.29. The third-order valence-electron chi connectivity index (χ3n) is 4.24. The van der Waals surface area contributed by atoms with E-state index in [-0.39, 0.29) is 12.4 Å². The molecule has 2 rings (SSSR count). The molecule has 0 unspecified atom stereocenters. The number of amides is 1. The van der Waals surface area contributed by atoms with Gasteiger partial charge in [0.15, 0.2) is 0 Å². The molecule has 0 saturated heterocycles. The van der Waals surface area contributed by atoms with Gasteiger partial charge in [-0.25, -0.2) is 10.6 Å². The van der Waals surface area contributed by atoms with Crippen LogP contribution >= 0.6 is 0 Å². The molecule has 0 atom stereocenters. The molecule has 2 aromatic rings. The van der Waals surface area contributed by atoms with Crippen LogP contribution in [0.15, 0.2) is 36.5 Å². The molecule has 0 spiro atoms. The summed E-state index contributed by atoms with van der Waals surface area (Å²) >= 11 is 0. The third kappa shape index (κ3) is 4.82. The number of nitrogens with one attached hydrogen (secondary N) is 1. The monoisotopic (exact) mass is 402 g/mol. The molecule has 0 heterocycles. The molecule has 0 fully saturated rings. The Morgan fingerprint density at radius 2 is 1.90 bits per heavy atom. The number of carbonyl (C=O) groups excluding carboxylic acids is 1. The Labute approximate surface area is 169 Å². The molecule has 9 nitrogen and oxygen atoms in total. The summed E-state index contributed by atoms with van der Waals surface area (Å²) in [6.07, 6.45) is 0.707. The van der Waals surface area contributed by atoms with Crippen molar-refractivity contribution in [1.29, 1.82) is 0 Å². The normalized spacial score (nSPS) is 11.0. The van der Waals surface area contributed by atoms with Gasteiger partial charge in [-0.2, -0.15) is 0 Å². The Bertz CT molecular complexity index is 914. The average Bonchev–Trinajstić information content (AvgIpc) is 2.70. The molecule has 1 amide bonds. The minimum atomic E-state index is -0.612. The minimum Gasteiger partial charge on any atom is -0.507 e. The van der Waals surface area contributed by atoms with E-state index in [0.29, 0.717) is 39.7 Å². The van der Waals surface area contributed by atoms with Crippen LogP contribution in [0.25, 0.3) is 5.70 Å². The second-order valence-electron chi connectivity index (χ2n) is 5.97. The van der Waals surface area contributed by atoms with Crippen molar-refractivity contribution in [2.75, 3.05) is 31.2 Å². The number of phenolic OH excluding ortho intramolecular Hbond substituents is 1. The zero-order chi connectivity index (χ0) is 21.6. The van der Waals surface area contributed by atoms with Gasteiger partial charge >= 0.3 is 6.09 Å². The minimum absolute atomic E-state index is 0.0329. The zero-order valence-electron chi connectivity index (χ0n) is 16.9. The van der Waals surface area contributed by atoms with E-state index in [2.05, 4.69) is 5.32 Å².